The number of fused-ring (bicyclic) bond motifs is 1. The number of carbonyl (C=O) groups excluding carboxylic acids is 1. The van der Waals surface area contributed by atoms with Crippen LogP contribution in [0, 0.1) is 0 Å². The van der Waals surface area contributed by atoms with Gasteiger partial charge < -0.3 is 18.9 Å². The number of likely N-dealkylation sites (N-methyl/N-ethyl adjacent to an activating group) is 1. The highest BCUT2D eigenvalue weighted by Gasteiger charge is 2.32. The highest BCUT2D eigenvalue weighted by molar-refractivity contribution is 6.30. The first-order chi connectivity index (χ1) is 13.1. The van der Waals surface area contributed by atoms with Gasteiger partial charge in [-0.15, -0.1) is 0 Å². The summed E-state index contributed by atoms with van der Waals surface area (Å²) < 4.78 is 50.3. The predicted molar refractivity (Wildman–Crippen MR) is 94.6 cm³/mol. The topological polar surface area (TPSA) is 60.8 Å². The summed E-state index contributed by atoms with van der Waals surface area (Å²) in [6, 6.07) is 5.75. The molecular weight excluding hydrogens is 401 g/mol. The molecule has 150 valence electrons. The molecule has 0 saturated heterocycles. The van der Waals surface area contributed by atoms with Gasteiger partial charge in [0.25, 0.3) is 5.56 Å². The Morgan fingerprint density at radius 2 is 1.89 bits per heavy atom. The molecule has 0 radical (unpaired) electrons. The number of nitrogens with zero attached hydrogens (tertiary/aromatic N) is 2. The maximum Gasteiger partial charge on any atom is 0.417 e. The number of halogens is 4. The standard InChI is InChI=1S/C18H16ClF3N2O4/c1-23(8-11-2-3-14-15(6-11)28-5-4-27-14)16(25)10-24-9-12(18(20,21)22)7-13(19)17(24)26/h2-3,6-7,9H,4-5,8,10H2,1H3. The number of hydrogen-bond acceptors (Lipinski definition) is 4. The van der Waals surface area contributed by atoms with Crippen LogP contribution in [0.2, 0.25) is 5.02 Å². The number of pyridine rings is 1. The van der Waals surface area contributed by atoms with E-state index >= 15 is 0 Å². The summed E-state index contributed by atoms with van der Waals surface area (Å²) in [6.07, 6.45) is -4.09. The van der Waals surface area contributed by atoms with Crippen LogP contribution in [-0.2, 0) is 24.1 Å². The van der Waals surface area contributed by atoms with Gasteiger partial charge >= 0.3 is 6.18 Å². The highest BCUT2D eigenvalue weighted by atomic mass is 35.5. The number of hydrogen-bond donors (Lipinski definition) is 0. The number of alkyl halides is 3. The van der Waals surface area contributed by atoms with E-state index in [1.165, 1.54) is 11.9 Å². The van der Waals surface area contributed by atoms with Crippen molar-refractivity contribution in [3.05, 3.63) is 57.0 Å². The van der Waals surface area contributed by atoms with Gasteiger partial charge in [0.15, 0.2) is 11.5 Å². The number of benzene rings is 1. The van der Waals surface area contributed by atoms with Crippen LogP contribution in [0.1, 0.15) is 11.1 Å². The molecule has 2 aromatic rings. The van der Waals surface area contributed by atoms with Crippen molar-refractivity contribution >= 4 is 17.5 Å². The summed E-state index contributed by atoms with van der Waals surface area (Å²) in [5, 5.41) is -0.600. The second kappa shape index (κ2) is 7.75. The molecule has 0 N–H and O–H groups in total. The molecule has 0 fully saturated rings. The minimum Gasteiger partial charge on any atom is -0.486 e. The molecule has 1 aliphatic rings. The summed E-state index contributed by atoms with van der Waals surface area (Å²) >= 11 is 5.60. The largest absolute Gasteiger partial charge is 0.486 e. The van der Waals surface area contributed by atoms with Crippen molar-refractivity contribution in [2.75, 3.05) is 20.3 Å². The highest BCUT2D eigenvalue weighted by Crippen LogP contribution is 2.31. The Balaban J connectivity index is 1.74. The molecule has 1 aromatic heterocycles. The van der Waals surface area contributed by atoms with Crippen LogP contribution >= 0.6 is 11.6 Å². The van der Waals surface area contributed by atoms with Gasteiger partial charge in [0.05, 0.1) is 5.56 Å². The van der Waals surface area contributed by atoms with E-state index in [2.05, 4.69) is 0 Å². The average Bonchev–Trinajstić information content (AvgIpc) is 2.64. The Hall–Kier alpha value is -2.68. The number of carbonyl (C=O) groups is 1. The second-order valence-electron chi connectivity index (χ2n) is 6.24. The molecule has 3 rings (SSSR count). The SMILES string of the molecule is CN(Cc1ccc2c(c1)OCCO2)C(=O)Cn1cc(C(F)(F)F)cc(Cl)c1=O. The third-order valence-corrected chi connectivity index (χ3v) is 4.40. The van der Waals surface area contributed by atoms with Gasteiger partial charge in [0, 0.05) is 19.8 Å². The van der Waals surface area contributed by atoms with Crippen molar-refractivity contribution in [2.24, 2.45) is 0 Å². The van der Waals surface area contributed by atoms with Crippen molar-refractivity contribution < 1.29 is 27.4 Å². The molecule has 2 heterocycles. The van der Waals surface area contributed by atoms with Gasteiger partial charge in [-0.3, -0.25) is 9.59 Å². The normalized spacial score (nSPS) is 13.3. The second-order valence-corrected chi connectivity index (χ2v) is 6.64. The molecule has 0 spiro atoms. The molecule has 1 aromatic carbocycles. The predicted octanol–water partition coefficient (Wildman–Crippen LogP) is 2.95. The maximum atomic E-state index is 12.9. The fourth-order valence-corrected chi connectivity index (χ4v) is 2.91. The molecule has 0 unspecified atom stereocenters. The van der Waals surface area contributed by atoms with Gasteiger partial charge in [-0.2, -0.15) is 13.2 Å². The monoisotopic (exact) mass is 416 g/mol. The van der Waals surface area contributed by atoms with Crippen LogP contribution in [0.5, 0.6) is 11.5 Å². The quantitative estimate of drug-likeness (QED) is 0.769. The van der Waals surface area contributed by atoms with Gasteiger partial charge in [-0.25, -0.2) is 0 Å². The average molecular weight is 417 g/mol. The third-order valence-electron chi connectivity index (χ3n) is 4.13. The zero-order valence-electron chi connectivity index (χ0n) is 14.8. The lowest BCUT2D eigenvalue weighted by atomic mass is 10.2. The lowest BCUT2D eigenvalue weighted by Gasteiger charge is -2.21. The summed E-state index contributed by atoms with van der Waals surface area (Å²) in [7, 11) is 1.49. The first kappa shape index (κ1) is 20.1. The Bertz CT molecular complexity index is 959. The molecule has 1 amide bonds. The zero-order chi connectivity index (χ0) is 20.5. The van der Waals surface area contributed by atoms with Crippen molar-refractivity contribution in [1.29, 1.82) is 0 Å². The Kier molecular flexibility index (Phi) is 5.55. The van der Waals surface area contributed by atoms with Crippen LogP contribution in [0.3, 0.4) is 0 Å². The van der Waals surface area contributed by atoms with Gasteiger partial charge in [-0.05, 0) is 23.8 Å². The van der Waals surface area contributed by atoms with Crippen LogP contribution in [0.4, 0.5) is 13.2 Å². The van der Waals surface area contributed by atoms with Crippen LogP contribution in [0.25, 0.3) is 0 Å². The first-order valence-electron chi connectivity index (χ1n) is 8.25. The van der Waals surface area contributed by atoms with Gasteiger partial charge in [0.1, 0.15) is 24.8 Å². The lowest BCUT2D eigenvalue weighted by molar-refractivity contribution is -0.138. The number of amides is 1. The fraction of sp³-hybridized carbons (Fsp3) is 0.333. The number of ether oxygens (including phenoxy) is 2. The van der Waals surface area contributed by atoms with E-state index in [-0.39, 0.29) is 6.54 Å². The van der Waals surface area contributed by atoms with Crippen LogP contribution in [-0.4, -0.2) is 35.6 Å². The van der Waals surface area contributed by atoms with Crippen LogP contribution < -0.4 is 15.0 Å². The molecule has 1 aliphatic heterocycles. The van der Waals surface area contributed by atoms with E-state index in [1.807, 2.05) is 0 Å². The molecule has 0 bridgehead atoms. The van der Waals surface area contributed by atoms with E-state index in [4.69, 9.17) is 21.1 Å². The zero-order valence-corrected chi connectivity index (χ0v) is 15.5. The summed E-state index contributed by atoms with van der Waals surface area (Å²) in [5.74, 6) is 0.618. The fourth-order valence-electron chi connectivity index (χ4n) is 2.69. The van der Waals surface area contributed by atoms with E-state index in [0.29, 0.717) is 41.5 Å². The van der Waals surface area contributed by atoms with Gasteiger partial charge in [0.2, 0.25) is 5.91 Å². The Labute approximate surface area is 163 Å². The lowest BCUT2D eigenvalue weighted by Crippen LogP contribution is -2.34. The smallest absolute Gasteiger partial charge is 0.417 e. The van der Waals surface area contributed by atoms with Crippen molar-refractivity contribution in [3.8, 4) is 11.5 Å². The summed E-state index contributed by atoms with van der Waals surface area (Å²) in [5.41, 5.74) is -1.22. The summed E-state index contributed by atoms with van der Waals surface area (Å²) in [6.45, 7) is 0.490. The maximum absolute atomic E-state index is 12.9. The van der Waals surface area contributed by atoms with Crippen molar-refractivity contribution in [1.82, 2.24) is 9.47 Å². The minimum atomic E-state index is -4.68. The molecule has 0 saturated carbocycles. The first-order valence-corrected chi connectivity index (χ1v) is 8.62. The molecule has 0 aliphatic carbocycles. The van der Waals surface area contributed by atoms with E-state index in [1.54, 1.807) is 18.2 Å². The van der Waals surface area contributed by atoms with E-state index in [0.717, 1.165) is 5.56 Å². The van der Waals surface area contributed by atoms with Crippen molar-refractivity contribution in [2.45, 2.75) is 19.3 Å². The summed E-state index contributed by atoms with van der Waals surface area (Å²) in [4.78, 5) is 25.7. The number of aromatic nitrogens is 1. The van der Waals surface area contributed by atoms with Gasteiger partial charge in [-0.1, -0.05) is 17.7 Å². The minimum absolute atomic E-state index is 0.177. The molecule has 28 heavy (non-hydrogen) atoms. The molecule has 6 nitrogen and oxygen atoms in total. The molecule has 10 heteroatoms. The number of rotatable bonds is 4. The van der Waals surface area contributed by atoms with E-state index in [9.17, 15) is 22.8 Å². The third kappa shape index (κ3) is 4.41. The molecule has 0 atom stereocenters. The van der Waals surface area contributed by atoms with E-state index < -0.39 is 34.8 Å². The van der Waals surface area contributed by atoms with Crippen molar-refractivity contribution in [3.63, 3.8) is 0 Å². The Morgan fingerprint density at radius 1 is 1.21 bits per heavy atom. The Morgan fingerprint density at radius 3 is 2.57 bits per heavy atom. The molecular formula is C18H16ClF3N2O4. The van der Waals surface area contributed by atoms with Crippen LogP contribution in [0.15, 0.2) is 35.3 Å².